The number of carboxylic acids is 1. The minimum atomic E-state index is -0.995. The van der Waals surface area contributed by atoms with Crippen molar-refractivity contribution in [3.63, 3.8) is 0 Å². The van der Waals surface area contributed by atoms with Crippen LogP contribution in [0.15, 0.2) is 39.2 Å². The monoisotopic (exact) mass is 332 g/mol. The minimum Gasteiger partial charge on any atom is -0.481 e. The van der Waals surface area contributed by atoms with Crippen LogP contribution in [0.5, 0.6) is 0 Å². The molecule has 23 heavy (non-hydrogen) atoms. The van der Waals surface area contributed by atoms with E-state index < -0.39 is 5.97 Å². The zero-order chi connectivity index (χ0) is 16.4. The molecule has 0 saturated heterocycles. The summed E-state index contributed by atoms with van der Waals surface area (Å²) < 4.78 is 5.66. The molecule has 3 rings (SSSR count). The third-order valence-electron chi connectivity index (χ3n) is 3.61. The van der Waals surface area contributed by atoms with Gasteiger partial charge in [-0.2, -0.15) is 5.10 Å². The van der Waals surface area contributed by atoms with Crippen molar-refractivity contribution in [2.75, 3.05) is 0 Å². The minimum absolute atomic E-state index is 0.0766. The summed E-state index contributed by atoms with van der Waals surface area (Å²) in [6, 6.07) is 7.26. The molecule has 1 atom stereocenters. The average Bonchev–Trinajstić information content (AvgIpc) is 3.23. The molecule has 1 aliphatic rings. The standard InChI is InChI=1S/C16H16N2O4S/c1-10-4-5-13(22-10)12-9-11(14-3-2-8-23-14)17-18(12)15(19)6-7-16(20)21/h2-5,8,12H,6-7,9H2,1H3,(H,20,21)/t12-/m1/s1. The van der Waals surface area contributed by atoms with Crippen LogP contribution in [0.2, 0.25) is 0 Å². The van der Waals surface area contributed by atoms with Gasteiger partial charge >= 0.3 is 5.97 Å². The second kappa shape index (κ2) is 6.37. The molecular weight excluding hydrogens is 316 g/mol. The Morgan fingerprint density at radius 1 is 1.39 bits per heavy atom. The lowest BCUT2D eigenvalue weighted by atomic mass is 10.1. The highest BCUT2D eigenvalue weighted by molar-refractivity contribution is 7.12. The van der Waals surface area contributed by atoms with Gasteiger partial charge in [0.2, 0.25) is 5.91 Å². The van der Waals surface area contributed by atoms with E-state index in [4.69, 9.17) is 9.52 Å². The lowest BCUT2D eigenvalue weighted by molar-refractivity contribution is -0.141. The molecule has 6 nitrogen and oxygen atoms in total. The zero-order valence-corrected chi connectivity index (χ0v) is 13.4. The van der Waals surface area contributed by atoms with E-state index in [1.54, 1.807) is 11.3 Å². The van der Waals surface area contributed by atoms with Gasteiger partial charge in [-0.15, -0.1) is 11.3 Å². The van der Waals surface area contributed by atoms with Crippen molar-refractivity contribution in [1.29, 1.82) is 0 Å². The van der Waals surface area contributed by atoms with Gasteiger partial charge in [0.05, 0.1) is 17.0 Å². The summed E-state index contributed by atoms with van der Waals surface area (Å²) in [5.74, 6) is 0.132. The highest BCUT2D eigenvalue weighted by Crippen LogP contribution is 2.35. The molecule has 2 aromatic rings. The first-order chi connectivity index (χ1) is 11.0. The van der Waals surface area contributed by atoms with E-state index in [9.17, 15) is 9.59 Å². The van der Waals surface area contributed by atoms with Crippen molar-refractivity contribution < 1.29 is 19.1 Å². The fraction of sp³-hybridized carbons (Fsp3) is 0.312. The van der Waals surface area contributed by atoms with Crippen molar-refractivity contribution in [2.45, 2.75) is 32.2 Å². The summed E-state index contributed by atoms with van der Waals surface area (Å²) in [7, 11) is 0. The van der Waals surface area contributed by atoms with Crippen LogP contribution in [0, 0.1) is 6.92 Å². The number of carboxylic acid groups (broad SMARTS) is 1. The number of aryl methyl sites for hydroxylation is 1. The first kappa shape index (κ1) is 15.5. The zero-order valence-electron chi connectivity index (χ0n) is 12.6. The maximum atomic E-state index is 12.4. The predicted octanol–water partition coefficient (Wildman–Crippen LogP) is 3.19. The maximum Gasteiger partial charge on any atom is 0.303 e. The number of amides is 1. The number of rotatable bonds is 5. The molecule has 1 amide bonds. The fourth-order valence-corrected chi connectivity index (χ4v) is 3.24. The third kappa shape index (κ3) is 3.34. The van der Waals surface area contributed by atoms with Gasteiger partial charge in [0.25, 0.3) is 0 Å². The van der Waals surface area contributed by atoms with Crippen LogP contribution >= 0.6 is 11.3 Å². The van der Waals surface area contributed by atoms with Crippen molar-refractivity contribution in [3.8, 4) is 0 Å². The summed E-state index contributed by atoms with van der Waals surface area (Å²) in [6.45, 7) is 1.84. The van der Waals surface area contributed by atoms with E-state index in [1.807, 2.05) is 36.6 Å². The maximum absolute atomic E-state index is 12.4. The van der Waals surface area contributed by atoms with Gasteiger partial charge in [-0.1, -0.05) is 6.07 Å². The second-order valence-electron chi connectivity index (χ2n) is 5.32. The normalized spacial score (nSPS) is 17.3. The fourth-order valence-electron chi connectivity index (χ4n) is 2.51. The van der Waals surface area contributed by atoms with Gasteiger partial charge in [0.15, 0.2) is 0 Å². The Morgan fingerprint density at radius 3 is 2.83 bits per heavy atom. The van der Waals surface area contributed by atoms with Crippen LogP contribution in [0.25, 0.3) is 0 Å². The molecule has 0 saturated carbocycles. The molecule has 0 bridgehead atoms. The van der Waals surface area contributed by atoms with Crippen LogP contribution in [0.1, 0.15) is 41.7 Å². The molecule has 1 aliphatic heterocycles. The molecule has 0 radical (unpaired) electrons. The van der Waals surface area contributed by atoms with Crippen molar-refractivity contribution >= 4 is 28.9 Å². The number of furan rings is 1. The van der Waals surface area contributed by atoms with Gasteiger partial charge < -0.3 is 9.52 Å². The number of hydrogen-bond donors (Lipinski definition) is 1. The third-order valence-corrected chi connectivity index (χ3v) is 4.53. The second-order valence-corrected chi connectivity index (χ2v) is 6.27. The number of nitrogens with zero attached hydrogens (tertiary/aromatic N) is 2. The average molecular weight is 332 g/mol. The van der Waals surface area contributed by atoms with E-state index in [2.05, 4.69) is 5.10 Å². The molecular formula is C16H16N2O4S. The van der Waals surface area contributed by atoms with E-state index in [-0.39, 0.29) is 24.8 Å². The number of hydrazone groups is 1. The number of thiophene rings is 1. The van der Waals surface area contributed by atoms with Gasteiger partial charge in [-0.3, -0.25) is 9.59 Å². The van der Waals surface area contributed by atoms with Crippen molar-refractivity contribution in [3.05, 3.63) is 46.0 Å². The molecule has 0 fully saturated rings. The highest BCUT2D eigenvalue weighted by Gasteiger charge is 2.35. The number of carbonyl (C=O) groups is 2. The quantitative estimate of drug-likeness (QED) is 0.911. The van der Waals surface area contributed by atoms with Gasteiger partial charge in [-0.05, 0) is 30.5 Å². The SMILES string of the molecule is Cc1ccc([C@H]2CC(c3cccs3)=NN2C(=O)CCC(=O)O)o1. The number of hydrogen-bond acceptors (Lipinski definition) is 5. The molecule has 2 aromatic heterocycles. The summed E-state index contributed by atoms with van der Waals surface area (Å²) in [5, 5.41) is 16.5. The largest absolute Gasteiger partial charge is 0.481 e. The molecule has 0 unspecified atom stereocenters. The summed E-state index contributed by atoms with van der Waals surface area (Å²) in [6.07, 6.45) is 0.280. The van der Waals surface area contributed by atoms with Crippen LogP contribution in [0.4, 0.5) is 0 Å². The molecule has 0 aliphatic carbocycles. The van der Waals surface area contributed by atoms with Gasteiger partial charge in [-0.25, -0.2) is 5.01 Å². The van der Waals surface area contributed by atoms with Crippen molar-refractivity contribution in [2.24, 2.45) is 5.10 Å². The Bertz CT molecular complexity index is 748. The predicted molar refractivity (Wildman–Crippen MR) is 85.4 cm³/mol. The molecule has 7 heteroatoms. The van der Waals surface area contributed by atoms with Crippen LogP contribution in [-0.4, -0.2) is 27.7 Å². The van der Waals surface area contributed by atoms with Crippen molar-refractivity contribution in [1.82, 2.24) is 5.01 Å². The Morgan fingerprint density at radius 2 is 2.22 bits per heavy atom. The lowest BCUT2D eigenvalue weighted by Gasteiger charge is -2.19. The van der Waals surface area contributed by atoms with E-state index in [1.165, 1.54) is 5.01 Å². The Kier molecular flexibility index (Phi) is 4.29. The summed E-state index contributed by atoms with van der Waals surface area (Å²) in [5.41, 5.74) is 0.822. The summed E-state index contributed by atoms with van der Waals surface area (Å²) >= 11 is 1.56. The Balaban J connectivity index is 1.86. The van der Waals surface area contributed by atoms with E-state index >= 15 is 0 Å². The molecule has 0 spiro atoms. The number of carbonyl (C=O) groups excluding carboxylic acids is 1. The van der Waals surface area contributed by atoms with Crippen LogP contribution in [0.3, 0.4) is 0 Å². The Hall–Kier alpha value is -2.41. The molecule has 3 heterocycles. The molecule has 120 valence electrons. The first-order valence-electron chi connectivity index (χ1n) is 7.26. The van der Waals surface area contributed by atoms with E-state index in [0.717, 1.165) is 16.3 Å². The first-order valence-corrected chi connectivity index (χ1v) is 8.14. The molecule has 0 aromatic carbocycles. The Labute approximate surface area is 137 Å². The number of aliphatic carboxylic acids is 1. The van der Waals surface area contributed by atoms with Crippen LogP contribution < -0.4 is 0 Å². The smallest absolute Gasteiger partial charge is 0.303 e. The lowest BCUT2D eigenvalue weighted by Crippen LogP contribution is -2.27. The molecule has 1 N–H and O–H groups in total. The summed E-state index contributed by atoms with van der Waals surface area (Å²) in [4.78, 5) is 24.1. The highest BCUT2D eigenvalue weighted by atomic mass is 32.1. The van der Waals surface area contributed by atoms with Gasteiger partial charge in [0.1, 0.15) is 17.6 Å². The van der Waals surface area contributed by atoms with Gasteiger partial charge in [0, 0.05) is 12.8 Å². The van der Waals surface area contributed by atoms with Crippen LogP contribution in [-0.2, 0) is 9.59 Å². The van der Waals surface area contributed by atoms with E-state index in [0.29, 0.717) is 12.2 Å². The topological polar surface area (TPSA) is 83.1 Å².